The van der Waals surface area contributed by atoms with Crippen molar-refractivity contribution >= 4 is 11.9 Å². The molecule has 0 aliphatic carbocycles. The largest absolute Gasteiger partial charge is 1.00 e. The maximum Gasteiger partial charge on any atom is 1.00 e. The van der Waals surface area contributed by atoms with Crippen molar-refractivity contribution in [2.45, 2.75) is 12.5 Å². The van der Waals surface area contributed by atoms with Gasteiger partial charge in [0.2, 0.25) is 0 Å². The third-order valence-electron chi connectivity index (χ3n) is 0.632. The monoisotopic (exact) mass is 180 g/mol. The van der Waals surface area contributed by atoms with E-state index in [-0.39, 0.29) is 59.1 Å². The van der Waals surface area contributed by atoms with E-state index < -0.39 is 24.5 Å². The Hall–Kier alpha value is 0.900. The molecular weight excluding hydrogens is 176 g/mol. The fraction of sp³-hybridized carbons (Fsp3) is 0.500. The summed E-state index contributed by atoms with van der Waals surface area (Å²) in [4.78, 5) is 19.1. The maximum atomic E-state index is 9.58. The van der Waals surface area contributed by atoms with Crippen molar-refractivity contribution in [3.05, 3.63) is 0 Å². The smallest absolute Gasteiger partial charge is 0.550 e. The molecule has 0 saturated carbocycles. The zero-order valence-electron chi connectivity index (χ0n) is 6.36. The van der Waals surface area contributed by atoms with Crippen LogP contribution in [0.1, 0.15) is 6.42 Å². The molecule has 0 rings (SSSR count). The van der Waals surface area contributed by atoms with E-state index in [1.54, 1.807) is 0 Å². The average molecular weight is 180 g/mol. The molecule has 0 aromatic carbocycles. The van der Waals surface area contributed by atoms with Gasteiger partial charge in [0.25, 0.3) is 0 Å². The summed E-state index contributed by atoms with van der Waals surface area (Å²) in [7, 11) is 0. The summed E-state index contributed by atoms with van der Waals surface area (Å²) in [5, 5.41) is 27.3. The van der Waals surface area contributed by atoms with Gasteiger partial charge in [-0.2, -0.15) is 0 Å². The van der Waals surface area contributed by atoms with Gasteiger partial charge in [-0.3, -0.25) is 0 Å². The molecule has 7 heteroatoms. The van der Waals surface area contributed by atoms with Gasteiger partial charge in [-0.25, -0.2) is 0 Å². The maximum absolute atomic E-state index is 9.58. The summed E-state index contributed by atoms with van der Waals surface area (Å²) in [5.41, 5.74) is 0. The molecule has 0 radical (unpaired) electrons. The van der Waals surface area contributed by atoms with E-state index >= 15 is 0 Å². The molecule has 11 heavy (non-hydrogen) atoms. The average Bonchev–Trinajstić information content (AvgIpc) is 1.63. The number of aliphatic carboxylic acids is 2. The van der Waals surface area contributed by atoms with Gasteiger partial charge >= 0.3 is 59.1 Å². The van der Waals surface area contributed by atoms with Crippen LogP contribution in [0.3, 0.4) is 0 Å². The number of aliphatic hydroxyl groups is 1. The Morgan fingerprint density at radius 3 is 1.73 bits per heavy atom. The Labute approximate surface area is 107 Å². The predicted octanol–water partition coefficient (Wildman–Crippen LogP) is -9.75. The Morgan fingerprint density at radius 1 is 1.27 bits per heavy atom. The fourth-order valence-electron chi connectivity index (χ4n) is 0.241. The molecule has 0 aromatic rings. The minimum Gasteiger partial charge on any atom is -0.550 e. The normalized spacial score (nSPS) is 10.3. The van der Waals surface area contributed by atoms with Crippen LogP contribution in [0, 0.1) is 0 Å². The third-order valence-corrected chi connectivity index (χ3v) is 0.632. The van der Waals surface area contributed by atoms with Gasteiger partial charge < -0.3 is 24.9 Å². The van der Waals surface area contributed by atoms with Crippen molar-refractivity contribution < 1.29 is 84.0 Å². The zero-order valence-corrected chi connectivity index (χ0v) is 10.4. The van der Waals surface area contributed by atoms with Crippen LogP contribution in [-0.2, 0) is 9.59 Å². The van der Waals surface area contributed by atoms with E-state index in [0.717, 1.165) is 0 Å². The van der Waals surface area contributed by atoms with Gasteiger partial charge in [0.05, 0.1) is 12.1 Å². The van der Waals surface area contributed by atoms with Crippen LogP contribution in [0.4, 0.5) is 0 Å². The van der Waals surface area contributed by atoms with Crippen LogP contribution in [0.5, 0.6) is 0 Å². The van der Waals surface area contributed by atoms with Gasteiger partial charge in [-0.05, 0) is 0 Å². The quantitative estimate of drug-likeness (QED) is 0.343. The van der Waals surface area contributed by atoms with Crippen molar-refractivity contribution in [3.8, 4) is 0 Å². The second-order valence-electron chi connectivity index (χ2n) is 1.41. The van der Waals surface area contributed by atoms with Crippen LogP contribution in [0.25, 0.3) is 0 Å². The van der Waals surface area contributed by atoms with Crippen molar-refractivity contribution in [1.29, 1.82) is 0 Å². The van der Waals surface area contributed by atoms with Crippen molar-refractivity contribution in [2.75, 3.05) is 0 Å². The van der Waals surface area contributed by atoms with Crippen LogP contribution in [0.15, 0.2) is 0 Å². The Bertz CT molecular complexity index is 136. The Kier molecular flexibility index (Phi) is 14.6. The Balaban J connectivity index is -0.000000320. The minimum atomic E-state index is -1.96. The summed E-state index contributed by atoms with van der Waals surface area (Å²) in [6.07, 6.45) is -2.89. The van der Waals surface area contributed by atoms with Gasteiger partial charge in [0.15, 0.2) is 0 Å². The molecule has 0 heterocycles. The second-order valence-corrected chi connectivity index (χ2v) is 1.41. The van der Waals surface area contributed by atoms with Crippen LogP contribution in [-0.4, -0.2) is 23.1 Å². The molecule has 52 valence electrons. The third kappa shape index (κ3) is 10.9. The number of carboxylic acids is 2. The molecule has 1 atom stereocenters. The topological polar surface area (TPSA) is 100 Å². The number of rotatable bonds is 3. The van der Waals surface area contributed by atoms with Gasteiger partial charge in [-0.1, -0.05) is 0 Å². The first-order valence-electron chi connectivity index (χ1n) is 2.13. The molecule has 0 aliphatic rings. The number of carbonyl (C=O) groups excluding carboxylic acids is 2. The van der Waals surface area contributed by atoms with E-state index in [4.69, 9.17) is 5.11 Å². The van der Waals surface area contributed by atoms with E-state index in [2.05, 4.69) is 0 Å². The van der Waals surface area contributed by atoms with E-state index in [0.29, 0.717) is 0 Å². The second kappa shape index (κ2) is 8.99. The van der Waals surface area contributed by atoms with Gasteiger partial charge in [0.1, 0.15) is 0 Å². The van der Waals surface area contributed by atoms with Crippen molar-refractivity contribution in [3.63, 3.8) is 0 Å². The molecule has 0 unspecified atom stereocenters. The molecule has 0 saturated heterocycles. The SMILES string of the molecule is O=C([O-])[13C@@H](O)C[13C](=O)[O-].[Na+].[Na+]. The number of hydrogen-bond acceptors (Lipinski definition) is 5. The van der Waals surface area contributed by atoms with Crippen LogP contribution in [0.2, 0.25) is 0 Å². The van der Waals surface area contributed by atoms with E-state index in [1.165, 1.54) is 0 Å². The predicted molar refractivity (Wildman–Crippen MR) is 20.6 cm³/mol. The number of carboxylic acid groups (broad SMARTS) is 2. The number of aliphatic hydroxyl groups excluding tert-OH is 1. The summed E-state index contributed by atoms with van der Waals surface area (Å²) >= 11 is 0. The molecule has 1 N–H and O–H groups in total. The molecule has 0 aromatic heterocycles. The first-order chi connectivity index (χ1) is 4.04. The Morgan fingerprint density at radius 2 is 1.64 bits per heavy atom. The molecule has 0 spiro atoms. The first kappa shape index (κ1) is 17.8. The summed E-state index contributed by atoms with van der Waals surface area (Å²) < 4.78 is 0. The number of hydrogen-bond donors (Lipinski definition) is 1. The minimum absolute atomic E-state index is 0. The van der Waals surface area contributed by atoms with E-state index in [1.807, 2.05) is 0 Å². The summed E-state index contributed by atoms with van der Waals surface area (Å²) in [6, 6.07) is 0. The molecule has 0 aliphatic heterocycles. The molecule has 0 bridgehead atoms. The summed E-state index contributed by atoms with van der Waals surface area (Å²) in [5.74, 6) is -3.43. The van der Waals surface area contributed by atoms with Crippen molar-refractivity contribution in [2.24, 2.45) is 0 Å². The molecule has 5 nitrogen and oxygen atoms in total. The van der Waals surface area contributed by atoms with Crippen LogP contribution >= 0.6 is 0 Å². The van der Waals surface area contributed by atoms with Gasteiger partial charge in [-0.15, -0.1) is 0 Å². The standard InChI is InChI=1S/C4H6O5.2Na/c5-2(4(8)9)1-3(6)7;;/h2,5H,1H2,(H,6,7)(H,8,9);;/q;2*+1/p-2/t2-;;/m0../s1/i2+1,3+1;;. The molecule has 0 fully saturated rings. The summed E-state index contributed by atoms with van der Waals surface area (Å²) in [6.45, 7) is 0. The molecular formula is C4H4Na2O5. The van der Waals surface area contributed by atoms with Crippen LogP contribution < -0.4 is 69.3 Å². The van der Waals surface area contributed by atoms with Crippen molar-refractivity contribution in [1.82, 2.24) is 0 Å². The van der Waals surface area contributed by atoms with Gasteiger partial charge in [0, 0.05) is 12.4 Å². The van der Waals surface area contributed by atoms with E-state index in [9.17, 15) is 19.8 Å². The molecule has 0 amide bonds. The fourth-order valence-corrected chi connectivity index (χ4v) is 0.241. The number of carbonyl (C=O) groups is 2. The zero-order chi connectivity index (χ0) is 7.44. The first-order valence-corrected chi connectivity index (χ1v) is 2.13.